The zero-order valence-electron chi connectivity index (χ0n) is 14.9. The maximum absolute atomic E-state index is 12.9. The molecule has 0 radical (unpaired) electrons. The van der Waals surface area contributed by atoms with E-state index in [1.165, 1.54) is 12.1 Å². The largest absolute Gasteiger partial charge is 0.508 e. The Balaban J connectivity index is 1.95. The fourth-order valence-corrected chi connectivity index (χ4v) is 3.16. The van der Waals surface area contributed by atoms with E-state index in [1.807, 2.05) is 32.0 Å². The maximum Gasteiger partial charge on any atom is 0.319 e. The molecule has 6 nitrogen and oxygen atoms in total. The second-order valence-electron chi connectivity index (χ2n) is 6.49. The molecule has 1 aliphatic rings. The number of hydrogen-bond acceptors (Lipinski definition) is 3. The molecule has 1 atom stereocenters. The van der Waals surface area contributed by atoms with Crippen LogP contribution < -0.4 is 16.0 Å². The van der Waals surface area contributed by atoms with E-state index in [9.17, 15) is 14.7 Å². The lowest BCUT2D eigenvalue weighted by Gasteiger charge is -2.28. The molecule has 3 rings (SSSR count). The summed E-state index contributed by atoms with van der Waals surface area (Å²) in [5.41, 5.74) is 4.44. The quantitative estimate of drug-likeness (QED) is 0.684. The number of phenols is 1. The van der Waals surface area contributed by atoms with Crippen LogP contribution in [0.4, 0.5) is 10.5 Å². The summed E-state index contributed by atoms with van der Waals surface area (Å²) < 4.78 is 0. The first-order chi connectivity index (χ1) is 12.3. The molecule has 3 amide bonds. The number of aromatic hydroxyl groups is 1. The van der Waals surface area contributed by atoms with Crippen LogP contribution in [-0.2, 0) is 4.79 Å². The van der Waals surface area contributed by atoms with Gasteiger partial charge in [-0.1, -0.05) is 18.2 Å². The molecule has 0 saturated carbocycles. The van der Waals surface area contributed by atoms with Crippen molar-refractivity contribution in [1.82, 2.24) is 10.6 Å². The first kappa shape index (κ1) is 17.5. The summed E-state index contributed by atoms with van der Waals surface area (Å²) in [6.45, 7) is 5.63. The number of carbonyl (C=O) groups is 2. The van der Waals surface area contributed by atoms with Gasteiger partial charge in [0.25, 0.3) is 5.91 Å². The highest BCUT2D eigenvalue weighted by Gasteiger charge is 2.31. The van der Waals surface area contributed by atoms with Gasteiger partial charge in [0, 0.05) is 11.4 Å². The predicted octanol–water partition coefficient (Wildman–Crippen LogP) is 3.28. The summed E-state index contributed by atoms with van der Waals surface area (Å²) in [5.74, 6) is -0.172. The molecule has 1 aliphatic heterocycles. The van der Waals surface area contributed by atoms with Gasteiger partial charge in [-0.3, -0.25) is 4.79 Å². The van der Waals surface area contributed by atoms with Gasteiger partial charge < -0.3 is 21.1 Å². The average Bonchev–Trinajstić information content (AvgIpc) is 2.53. The van der Waals surface area contributed by atoms with Gasteiger partial charge >= 0.3 is 6.03 Å². The zero-order valence-corrected chi connectivity index (χ0v) is 14.9. The standard InChI is InChI=1S/C20H21N3O3/c1-11-8-12(2)10-15(9-11)22-19(25)17-13(3)21-20(26)23-18(17)14-4-6-16(24)7-5-14/h4-10,18,24H,1-3H3,(H,22,25)(H2,21,23,26)/t18-/m1/s1. The van der Waals surface area contributed by atoms with Crippen molar-refractivity contribution in [3.8, 4) is 5.75 Å². The van der Waals surface area contributed by atoms with E-state index in [0.717, 1.165) is 11.1 Å². The van der Waals surface area contributed by atoms with E-state index in [-0.39, 0.29) is 17.7 Å². The average molecular weight is 351 g/mol. The molecule has 134 valence electrons. The highest BCUT2D eigenvalue weighted by atomic mass is 16.3. The molecule has 26 heavy (non-hydrogen) atoms. The third-order valence-electron chi connectivity index (χ3n) is 4.22. The van der Waals surface area contributed by atoms with Crippen LogP contribution in [0, 0.1) is 13.8 Å². The molecular weight excluding hydrogens is 330 g/mol. The monoisotopic (exact) mass is 351 g/mol. The van der Waals surface area contributed by atoms with E-state index in [2.05, 4.69) is 16.0 Å². The van der Waals surface area contributed by atoms with Crippen LogP contribution in [0.3, 0.4) is 0 Å². The van der Waals surface area contributed by atoms with E-state index in [1.54, 1.807) is 19.1 Å². The SMILES string of the molecule is CC1=C(C(=O)Nc2cc(C)cc(C)c2)[C@@H](c2ccc(O)cc2)NC(=O)N1. The number of aryl methyl sites for hydroxylation is 2. The Labute approximate surface area is 151 Å². The molecule has 0 aromatic heterocycles. The molecule has 6 heteroatoms. The minimum absolute atomic E-state index is 0.121. The Morgan fingerprint density at radius 2 is 1.65 bits per heavy atom. The van der Waals surface area contributed by atoms with Crippen LogP contribution >= 0.6 is 0 Å². The number of allylic oxidation sites excluding steroid dienone is 1. The van der Waals surface area contributed by atoms with Crippen molar-refractivity contribution in [2.75, 3.05) is 5.32 Å². The summed E-state index contributed by atoms with van der Waals surface area (Å²) in [6.07, 6.45) is 0. The Bertz CT molecular complexity index is 881. The minimum atomic E-state index is -0.602. The maximum atomic E-state index is 12.9. The fraction of sp³-hybridized carbons (Fsp3) is 0.200. The highest BCUT2D eigenvalue weighted by molar-refractivity contribution is 6.06. The van der Waals surface area contributed by atoms with E-state index in [0.29, 0.717) is 22.5 Å². The van der Waals surface area contributed by atoms with Crippen LogP contribution in [0.5, 0.6) is 5.75 Å². The number of rotatable bonds is 3. The van der Waals surface area contributed by atoms with Gasteiger partial charge in [0.2, 0.25) is 0 Å². The molecule has 0 aliphatic carbocycles. The first-order valence-electron chi connectivity index (χ1n) is 8.30. The Kier molecular flexibility index (Phi) is 4.67. The number of nitrogens with one attached hydrogen (secondary N) is 3. The van der Waals surface area contributed by atoms with E-state index < -0.39 is 6.04 Å². The Hall–Kier alpha value is -3.28. The highest BCUT2D eigenvalue weighted by Crippen LogP contribution is 2.29. The van der Waals surface area contributed by atoms with Gasteiger partial charge in [-0.15, -0.1) is 0 Å². The van der Waals surface area contributed by atoms with Gasteiger partial charge in [0.1, 0.15) is 5.75 Å². The molecule has 0 fully saturated rings. The lowest BCUT2D eigenvalue weighted by molar-refractivity contribution is -0.113. The summed E-state index contributed by atoms with van der Waals surface area (Å²) in [5, 5.41) is 17.8. The number of carbonyl (C=O) groups excluding carboxylic acids is 2. The van der Waals surface area contributed by atoms with E-state index >= 15 is 0 Å². The zero-order chi connectivity index (χ0) is 18.8. The van der Waals surface area contributed by atoms with Crippen molar-refractivity contribution in [2.24, 2.45) is 0 Å². The molecule has 1 heterocycles. The van der Waals surface area contributed by atoms with Crippen LogP contribution in [0.25, 0.3) is 0 Å². The third kappa shape index (κ3) is 3.69. The van der Waals surface area contributed by atoms with Gasteiger partial charge in [-0.2, -0.15) is 0 Å². The molecular formula is C20H21N3O3. The van der Waals surface area contributed by atoms with Crippen molar-refractivity contribution in [3.63, 3.8) is 0 Å². The topological polar surface area (TPSA) is 90.5 Å². The smallest absolute Gasteiger partial charge is 0.319 e. The van der Waals surface area contributed by atoms with Gasteiger partial charge in [-0.25, -0.2) is 4.79 Å². The molecule has 0 bridgehead atoms. The normalized spacial score (nSPS) is 16.7. The second kappa shape index (κ2) is 6.92. The second-order valence-corrected chi connectivity index (χ2v) is 6.49. The Morgan fingerprint density at radius 3 is 2.27 bits per heavy atom. The van der Waals surface area contributed by atoms with E-state index in [4.69, 9.17) is 0 Å². The van der Waals surface area contributed by atoms with Crippen LogP contribution in [0.2, 0.25) is 0 Å². The number of amides is 3. The Morgan fingerprint density at radius 1 is 1.04 bits per heavy atom. The third-order valence-corrected chi connectivity index (χ3v) is 4.22. The van der Waals surface area contributed by atoms with Crippen molar-refractivity contribution in [2.45, 2.75) is 26.8 Å². The van der Waals surface area contributed by atoms with Crippen LogP contribution in [0.15, 0.2) is 53.7 Å². The molecule has 0 saturated heterocycles. The number of hydrogen-bond donors (Lipinski definition) is 4. The summed E-state index contributed by atoms with van der Waals surface area (Å²) >= 11 is 0. The van der Waals surface area contributed by atoms with Crippen molar-refractivity contribution in [3.05, 3.63) is 70.4 Å². The fourth-order valence-electron chi connectivity index (χ4n) is 3.16. The molecule has 2 aromatic carbocycles. The lowest BCUT2D eigenvalue weighted by atomic mass is 9.94. The van der Waals surface area contributed by atoms with Gasteiger partial charge in [0.15, 0.2) is 0 Å². The molecule has 0 spiro atoms. The number of benzene rings is 2. The summed E-state index contributed by atoms with van der Waals surface area (Å²) in [7, 11) is 0. The van der Waals surface area contributed by atoms with Crippen molar-refractivity contribution < 1.29 is 14.7 Å². The van der Waals surface area contributed by atoms with Gasteiger partial charge in [0.05, 0.1) is 11.6 Å². The van der Waals surface area contributed by atoms with Crippen LogP contribution in [-0.4, -0.2) is 17.0 Å². The van der Waals surface area contributed by atoms with Crippen molar-refractivity contribution in [1.29, 1.82) is 0 Å². The predicted molar refractivity (Wildman–Crippen MR) is 99.8 cm³/mol. The van der Waals surface area contributed by atoms with Crippen molar-refractivity contribution >= 4 is 17.6 Å². The lowest BCUT2D eigenvalue weighted by Crippen LogP contribution is -2.45. The molecule has 2 aromatic rings. The molecule has 0 unspecified atom stereocenters. The number of anilines is 1. The summed E-state index contributed by atoms with van der Waals surface area (Å²) in [6, 6.07) is 11.3. The summed E-state index contributed by atoms with van der Waals surface area (Å²) in [4.78, 5) is 24.9. The van der Waals surface area contributed by atoms with Gasteiger partial charge in [-0.05, 0) is 61.7 Å². The molecule has 4 N–H and O–H groups in total. The number of phenolic OH excluding ortho intramolecular Hbond substituents is 1. The number of urea groups is 1. The minimum Gasteiger partial charge on any atom is -0.508 e. The van der Waals surface area contributed by atoms with Crippen LogP contribution in [0.1, 0.15) is 29.7 Å². The first-order valence-corrected chi connectivity index (χ1v) is 8.30.